The van der Waals surface area contributed by atoms with Gasteiger partial charge in [-0.25, -0.2) is 0 Å². The molecule has 0 saturated carbocycles. The standard InChI is InChI=1S/C24H26N2O6/c1-26(2)9-5-8-25-23(28)11-16(17-10-21-22(12-19(17)27)32-14-31-21)18-13-30-20-7-4-3-6-15(20)24(18)29/h3-4,6-7,10,12-13,16,27H,5,8-9,11,14H2,1-2H3,(H,25,28). The van der Waals surface area contributed by atoms with E-state index in [2.05, 4.69) is 5.32 Å². The molecule has 0 aliphatic carbocycles. The van der Waals surface area contributed by atoms with E-state index in [4.69, 9.17) is 13.9 Å². The van der Waals surface area contributed by atoms with Crippen molar-refractivity contribution in [1.82, 2.24) is 10.2 Å². The second kappa shape index (κ2) is 9.32. The van der Waals surface area contributed by atoms with Crippen molar-refractivity contribution in [2.75, 3.05) is 34.0 Å². The molecule has 2 N–H and O–H groups in total. The molecule has 2 aromatic carbocycles. The maximum absolute atomic E-state index is 13.3. The third-order valence-electron chi connectivity index (χ3n) is 5.47. The predicted molar refractivity (Wildman–Crippen MR) is 119 cm³/mol. The van der Waals surface area contributed by atoms with E-state index in [-0.39, 0.29) is 30.3 Å². The zero-order chi connectivity index (χ0) is 22.7. The van der Waals surface area contributed by atoms with E-state index < -0.39 is 5.92 Å². The number of carbonyl (C=O) groups excluding carboxylic acids is 1. The fourth-order valence-corrected chi connectivity index (χ4v) is 3.83. The zero-order valence-corrected chi connectivity index (χ0v) is 18.1. The number of amides is 1. The smallest absolute Gasteiger partial charge is 0.231 e. The summed E-state index contributed by atoms with van der Waals surface area (Å²) in [6, 6.07) is 10.0. The van der Waals surface area contributed by atoms with Crippen LogP contribution in [0.1, 0.15) is 29.9 Å². The first kappa shape index (κ1) is 21.7. The van der Waals surface area contributed by atoms with Gasteiger partial charge in [0, 0.05) is 36.1 Å². The van der Waals surface area contributed by atoms with Crippen LogP contribution in [-0.4, -0.2) is 49.9 Å². The summed E-state index contributed by atoms with van der Waals surface area (Å²) in [6.45, 7) is 1.41. The molecule has 3 aromatic rings. The van der Waals surface area contributed by atoms with E-state index in [1.54, 1.807) is 30.3 Å². The van der Waals surface area contributed by atoms with Gasteiger partial charge in [-0.1, -0.05) is 12.1 Å². The number of hydrogen-bond donors (Lipinski definition) is 2. The molecule has 2 heterocycles. The average Bonchev–Trinajstić information content (AvgIpc) is 3.22. The van der Waals surface area contributed by atoms with Crippen LogP contribution in [0.4, 0.5) is 0 Å². The van der Waals surface area contributed by atoms with Crippen LogP contribution in [0.5, 0.6) is 17.2 Å². The van der Waals surface area contributed by atoms with E-state index in [0.29, 0.717) is 40.1 Å². The molecular weight excluding hydrogens is 412 g/mol. The molecule has 1 atom stereocenters. The lowest BCUT2D eigenvalue weighted by Crippen LogP contribution is -2.29. The van der Waals surface area contributed by atoms with Gasteiger partial charge < -0.3 is 29.2 Å². The summed E-state index contributed by atoms with van der Waals surface area (Å²) >= 11 is 0. The Balaban J connectivity index is 1.69. The van der Waals surface area contributed by atoms with E-state index in [9.17, 15) is 14.7 Å². The lowest BCUT2D eigenvalue weighted by Gasteiger charge is -2.19. The SMILES string of the molecule is CN(C)CCCNC(=O)CC(c1cc2c(cc1O)OCO2)c1coc2ccccc2c1=O. The summed E-state index contributed by atoms with van der Waals surface area (Å²) < 4.78 is 16.5. The number of nitrogens with zero attached hydrogens (tertiary/aromatic N) is 1. The molecule has 4 rings (SSSR count). The van der Waals surface area contributed by atoms with Crippen LogP contribution in [0.3, 0.4) is 0 Å². The highest BCUT2D eigenvalue weighted by molar-refractivity contribution is 5.80. The van der Waals surface area contributed by atoms with Gasteiger partial charge in [0.05, 0.1) is 11.6 Å². The van der Waals surface area contributed by atoms with Gasteiger partial charge in [0.15, 0.2) is 16.9 Å². The minimum absolute atomic E-state index is 0.0295. The Morgan fingerprint density at radius 1 is 1.16 bits per heavy atom. The summed E-state index contributed by atoms with van der Waals surface area (Å²) in [5.74, 6) is -0.146. The first-order chi connectivity index (χ1) is 15.4. The van der Waals surface area contributed by atoms with Gasteiger partial charge in [-0.15, -0.1) is 0 Å². The average molecular weight is 438 g/mol. The summed E-state index contributed by atoms with van der Waals surface area (Å²) in [7, 11) is 3.94. The lowest BCUT2D eigenvalue weighted by atomic mass is 9.87. The van der Waals surface area contributed by atoms with Gasteiger partial charge in [0.2, 0.25) is 12.7 Å². The van der Waals surface area contributed by atoms with Crippen LogP contribution >= 0.6 is 0 Å². The molecule has 168 valence electrons. The number of phenols is 1. The highest BCUT2D eigenvalue weighted by Crippen LogP contribution is 2.42. The van der Waals surface area contributed by atoms with Crippen molar-refractivity contribution in [2.45, 2.75) is 18.8 Å². The highest BCUT2D eigenvalue weighted by atomic mass is 16.7. The van der Waals surface area contributed by atoms with Crippen molar-refractivity contribution < 1.29 is 23.8 Å². The molecule has 0 spiro atoms. The highest BCUT2D eigenvalue weighted by Gasteiger charge is 2.28. The molecule has 1 unspecified atom stereocenters. The van der Waals surface area contributed by atoms with Gasteiger partial charge in [0.1, 0.15) is 11.3 Å². The Kier molecular flexibility index (Phi) is 6.32. The minimum Gasteiger partial charge on any atom is -0.508 e. The number of fused-ring (bicyclic) bond motifs is 2. The second-order valence-corrected chi connectivity index (χ2v) is 8.04. The fourth-order valence-electron chi connectivity index (χ4n) is 3.83. The minimum atomic E-state index is -0.723. The number of carbonyl (C=O) groups is 1. The zero-order valence-electron chi connectivity index (χ0n) is 18.1. The van der Waals surface area contributed by atoms with Crippen LogP contribution in [0.2, 0.25) is 0 Å². The van der Waals surface area contributed by atoms with Crippen LogP contribution in [0.25, 0.3) is 11.0 Å². The van der Waals surface area contributed by atoms with Gasteiger partial charge in [0.25, 0.3) is 0 Å². The molecule has 0 saturated heterocycles. The molecule has 1 aliphatic heterocycles. The molecule has 1 amide bonds. The quantitative estimate of drug-likeness (QED) is 0.522. The van der Waals surface area contributed by atoms with Crippen LogP contribution in [0, 0.1) is 0 Å². The third-order valence-corrected chi connectivity index (χ3v) is 5.47. The van der Waals surface area contributed by atoms with Crippen molar-refractivity contribution in [2.24, 2.45) is 0 Å². The van der Waals surface area contributed by atoms with Crippen molar-refractivity contribution in [1.29, 1.82) is 0 Å². The van der Waals surface area contributed by atoms with E-state index >= 15 is 0 Å². The molecule has 1 aliphatic rings. The molecule has 1 aromatic heterocycles. The topological polar surface area (TPSA) is 101 Å². The first-order valence-corrected chi connectivity index (χ1v) is 10.5. The molecule has 8 nitrogen and oxygen atoms in total. The summed E-state index contributed by atoms with van der Waals surface area (Å²) in [5.41, 5.74) is 0.916. The Hall–Kier alpha value is -3.52. The van der Waals surface area contributed by atoms with Crippen molar-refractivity contribution in [3.05, 3.63) is 64.0 Å². The number of phenolic OH excluding ortho intramolecular Hbond substituents is 1. The number of rotatable bonds is 8. The maximum Gasteiger partial charge on any atom is 0.231 e. The van der Waals surface area contributed by atoms with E-state index in [0.717, 1.165) is 13.0 Å². The maximum atomic E-state index is 13.3. The number of para-hydroxylation sites is 1. The second-order valence-electron chi connectivity index (χ2n) is 8.04. The third kappa shape index (κ3) is 4.55. The van der Waals surface area contributed by atoms with E-state index in [1.807, 2.05) is 19.0 Å². The van der Waals surface area contributed by atoms with Crippen molar-refractivity contribution in [3.63, 3.8) is 0 Å². The largest absolute Gasteiger partial charge is 0.508 e. The Morgan fingerprint density at radius 3 is 2.69 bits per heavy atom. The molecule has 0 bridgehead atoms. The lowest BCUT2D eigenvalue weighted by molar-refractivity contribution is -0.121. The van der Waals surface area contributed by atoms with Gasteiger partial charge in [-0.05, 0) is 45.3 Å². The van der Waals surface area contributed by atoms with Crippen LogP contribution in [-0.2, 0) is 4.79 Å². The van der Waals surface area contributed by atoms with E-state index in [1.165, 1.54) is 12.3 Å². The Labute approximate surface area is 185 Å². The number of ether oxygens (including phenoxy) is 2. The summed E-state index contributed by atoms with van der Waals surface area (Å²) in [6.07, 6.45) is 2.15. The Bertz CT molecular complexity index is 1190. The van der Waals surface area contributed by atoms with Crippen LogP contribution in [0.15, 0.2) is 51.9 Å². The van der Waals surface area contributed by atoms with Gasteiger partial charge >= 0.3 is 0 Å². The number of aromatic hydroxyl groups is 1. The molecule has 8 heteroatoms. The molecule has 0 fully saturated rings. The molecular formula is C24H26N2O6. The first-order valence-electron chi connectivity index (χ1n) is 10.5. The Morgan fingerprint density at radius 2 is 1.91 bits per heavy atom. The predicted octanol–water partition coefficient (Wildman–Crippen LogP) is 2.82. The van der Waals surface area contributed by atoms with Crippen molar-refractivity contribution in [3.8, 4) is 17.2 Å². The van der Waals surface area contributed by atoms with Crippen molar-refractivity contribution >= 4 is 16.9 Å². The number of hydrogen-bond acceptors (Lipinski definition) is 7. The normalized spacial score (nSPS) is 13.5. The summed E-state index contributed by atoms with van der Waals surface area (Å²) in [4.78, 5) is 28.1. The summed E-state index contributed by atoms with van der Waals surface area (Å²) in [5, 5.41) is 14.0. The fraction of sp³-hybridized carbons (Fsp3) is 0.333. The number of nitrogens with one attached hydrogen (secondary N) is 1. The molecule has 32 heavy (non-hydrogen) atoms. The number of benzene rings is 2. The van der Waals surface area contributed by atoms with Crippen LogP contribution < -0.4 is 20.2 Å². The molecule has 0 radical (unpaired) electrons. The van der Waals surface area contributed by atoms with Gasteiger partial charge in [-0.2, -0.15) is 0 Å². The monoisotopic (exact) mass is 438 g/mol. The van der Waals surface area contributed by atoms with Gasteiger partial charge in [-0.3, -0.25) is 9.59 Å².